The van der Waals surface area contributed by atoms with Gasteiger partial charge in [-0.05, 0) is 17.7 Å². The summed E-state index contributed by atoms with van der Waals surface area (Å²) in [5.74, 6) is 0.811. The summed E-state index contributed by atoms with van der Waals surface area (Å²) < 4.78 is 5.60. The Morgan fingerprint density at radius 1 is 0.882 bits per heavy atom. The van der Waals surface area contributed by atoms with Crippen LogP contribution < -0.4 is 10.5 Å². The molecule has 0 aliphatic rings. The molecule has 3 heteroatoms. The highest BCUT2D eigenvalue weighted by molar-refractivity contribution is 5.85. The molecule has 0 aliphatic heterocycles. The maximum Gasteiger partial charge on any atom is 0.151 e. The second-order valence-corrected chi connectivity index (χ2v) is 3.66. The Hall–Kier alpha value is -1.51. The lowest BCUT2D eigenvalue weighted by Crippen LogP contribution is -2.29. The maximum absolute atomic E-state index is 5.92. The van der Waals surface area contributed by atoms with Crippen LogP contribution in [0.5, 0.6) is 5.75 Å². The average molecular weight is 250 g/mol. The molecule has 0 saturated heterocycles. The molecule has 0 radical (unpaired) electrons. The van der Waals surface area contributed by atoms with E-state index in [1.54, 1.807) is 0 Å². The van der Waals surface area contributed by atoms with Gasteiger partial charge in [0, 0.05) is 6.42 Å². The average Bonchev–Trinajstić information content (AvgIpc) is 2.31. The van der Waals surface area contributed by atoms with Crippen LogP contribution in [0.4, 0.5) is 0 Å². The molecule has 0 aliphatic carbocycles. The fourth-order valence-corrected chi connectivity index (χ4v) is 1.56. The summed E-state index contributed by atoms with van der Waals surface area (Å²) in [6, 6.07) is 19.7. The summed E-state index contributed by atoms with van der Waals surface area (Å²) in [4.78, 5) is 0. The summed E-state index contributed by atoms with van der Waals surface area (Å²) >= 11 is 0. The highest BCUT2D eigenvalue weighted by atomic mass is 35.5. The van der Waals surface area contributed by atoms with E-state index in [0.29, 0.717) is 0 Å². The highest BCUT2D eigenvalue weighted by Crippen LogP contribution is 2.11. The predicted octanol–water partition coefficient (Wildman–Crippen LogP) is 3.01. The Balaban J connectivity index is 0.00000144. The molecule has 17 heavy (non-hydrogen) atoms. The van der Waals surface area contributed by atoms with Gasteiger partial charge in [-0.25, -0.2) is 0 Å². The van der Waals surface area contributed by atoms with Gasteiger partial charge in [0.25, 0.3) is 0 Å². The zero-order valence-corrected chi connectivity index (χ0v) is 10.3. The van der Waals surface area contributed by atoms with Crippen LogP contribution in [0, 0.1) is 0 Å². The lowest BCUT2D eigenvalue weighted by molar-refractivity contribution is 0.210. The predicted molar refractivity (Wildman–Crippen MR) is 72.4 cm³/mol. The Kier molecular flexibility index (Phi) is 5.53. The summed E-state index contributed by atoms with van der Waals surface area (Å²) in [7, 11) is 0. The smallest absolute Gasteiger partial charge is 0.151 e. The van der Waals surface area contributed by atoms with E-state index in [-0.39, 0.29) is 18.6 Å². The van der Waals surface area contributed by atoms with Gasteiger partial charge in [0.2, 0.25) is 0 Å². The van der Waals surface area contributed by atoms with Crippen molar-refractivity contribution in [2.24, 2.45) is 5.73 Å². The van der Waals surface area contributed by atoms with E-state index in [4.69, 9.17) is 10.5 Å². The van der Waals surface area contributed by atoms with Gasteiger partial charge in [0.15, 0.2) is 6.23 Å². The quantitative estimate of drug-likeness (QED) is 0.846. The Bertz CT molecular complexity index is 377. The highest BCUT2D eigenvalue weighted by Gasteiger charge is 2.04. The van der Waals surface area contributed by atoms with Crippen molar-refractivity contribution in [1.82, 2.24) is 0 Å². The standard InChI is InChI=1S/C14H15NO.ClH/c15-14(11-12-7-3-1-4-8-12)16-13-9-5-2-6-10-13;/h1-10,14H,11,15H2;1H. The first-order chi connectivity index (χ1) is 7.84. The van der Waals surface area contributed by atoms with E-state index in [1.807, 2.05) is 60.7 Å². The van der Waals surface area contributed by atoms with Crippen molar-refractivity contribution in [2.45, 2.75) is 12.6 Å². The fraction of sp³-hybridized carbons (Fsp3) is 0.143. The van der Waals surface area contributed by atoms with Crippen molar-refractivity contribution in [3.63, 3.8) is 0 Å². The topological polar surface area (TPSA) is 35.2 Å². The molecule has 0 saturated carbocycles. The third-order valence-corrected chi connectivity index (χ3v) is 2.31. The molecule has 2 rings (SSSR count). The van der Waals surface area contributed by atoms with Crippen LogP contribution in [0.2, 0.25) is 0 Å². The monoisotopic (exact) mass is 249 g/mol. The second-order valence-electron chi connectivity index (χ2n) is 3.66. The third-order valence-electron chi connectivity index (χ3n) is 2.31. The largest absolute Gasteiger partial charge is 0.475 e. The van der Waals surface area contributed by atoms with E-state index in [1.165, 1.54) is 5.56 Å². The second kappa shape index (κ2) is 6.94. The fourth-order valence-electron chi connectivity index (χ4n) is 1.56. The van der Waals surface area contributed by atoms with E-state index < -0.39 is 0 Å². The first-order valence-electron chi connectivity index (χ1n) is 5.36. The first kappa shape index (κ1) is 13.6. The minimum absolute atomic E-state index is 0. The zero-order valence-electron chi connectivity index (χ0n) is 9.45. The van der Waals surface area contributed by atoms with Crippen molar-refractivity contribution in [1.29, 1.82) is 0 Å². The maximum atomic E-state index is 5.92. The van der Waals surface area contributed by atoms with Crippen molar-refractivity contribution in [3.8, 4) is 5.75 Å². The SMILES string of the molecule is Cl.NC(Cc1ccccc1)Oc1ccccc1. The van der Waals surface area contributed by atoms with Crippen LogP contribution in [-0.4, -0.2) is 6.23 Å². The van der Waals surface area contributed by atoms with E-state index in [0.717, 1.165) is 12.2 Å². The third kappa shape index (κ3) is 4.47. The molecule has 2 aromatic carbocycles. The molecule has 1 atom stereocenters. The first-order valence-corrected chi connectivity index (χ1v) is 5.36. The summed E-state index contributed by atoms with van der Waals surface area (Å²) in [5, 5.41) is 0. The van der Waals surface area contributed by atoms with Crippen LogP contribution in [0.3, 0.4) is 0 Å². The minimum atomic E-state index is -0.301. The number of para-hydroxylation sites is 1. The molecule has 90 valence electrons. The molecule has 0 amide bonds. The zero-order chi connectivity index (χ0) is 11.2. The molecule has 2 N–H and O–H groups in total. The van der Waals surface area contributed by atoms with E-state index >= 15 is 0 Å². The molecular formula is C14H16ClNO. The van der Waals surface area contributed by atoms with Gasteiger partial charge in [-0.2, -0.15) is 0 Å². The van der Waals surface area contributed by atoms with Crippen LogP contribution >= 0.6 is 12.4 Å². The van der Waals surface area contributed by atoms with E-state index in [9.17, 15) is 0 Å². The van der Waals surface area contributed by atoms with Crippen molar-refractivity contribution < 1.29 is 4.74 Å². The summed E-state index contributed by atoms with van der Waals surface area (Å²) in [5.41, 5.74) is 7.10. The van der Waals surface area contributed by atoms with Crippen LogP contribution in [0.1, 0.15) is 5.56 Å². The number of rotatable bonds is 4. The molecule has 0 fully saturated rings. The lowest BCUT2D eigenvalue weighted by Gasteiger charge is -2.14. The molecule has 2 aromatic rings. The molecule has 1 unspecified atom stereocenters. The normalized spacial score (nSPS) is 11.4. The van der Waals surface area contributed by atoms with Crippen LogP contribution in [0.25, 0.3) is 0 Å². The number of hydrogen-bond donors (Lipinski definition) is 1. The van der Waals surface area contributed by atoms with Gasteiger partial charge < -0.3 is 4.74 Å². The van der Waals surface area contributed by atoms with Crippen molar-refractivity contribution in [2.75, 3.05) is 0 Å². The molecule has 2 nitrogen and oxygen atoms in total. The molecule has 0 aromatic heterocycles. The van der Waals surface area contributed by atoms with Crippen molar-refractivity contribution >= 4 is 12.4 Å². The number of hydrogen-bond acceptors (Lipinski definition) is 2. The number of benzene rings is 2. The van der Waals surface area contributed by atoms with Gasteiger partial charge in [0.1, 0.15) is 5.75 Å². The van der Waals surface area contributed by atoms with Gasteiger partial charge >= 0.3 is 0 Å². The number of ether oxygens (including phenoxy) is 1. The molecular weight excluding hydrogens is 234 g/mol. The van der Waals surface area contributed by atoms with E-state index in [2.05, 4.69) is 0 Å². The van der Waals surface area contributed by atoms with Crippen LogP contribution in [-0.2, 0) is 6.42 Å². The van der Waals surface area contributed by atoms with Gasteiger partial charge in [-0.3, -0.25) is 5.73 Å². The minimum Gasteiger partial charge on any atom is -0.475 e. The van der Waals surface area contributed by atoms with Gasteiger partial charge in [0.05, 0.1) is 0 Å². The Morgan fingerprint density at radius 3 is 2.00 bits per heavy atom. The molecule has 0 spiro atoms. The Morgan fingerprint density at radius 2 is 1.41 bits per heavy atom. The lowest BCUT2D eigenvalue weighted by atomic mass is 10.1. The van der Waals surface area contributed by atoms with Gasteiger partial charge in [-0.15, -0.1) is 12.4 Å². The Labute approximate surface area is 108 Å². The van der Waals surface area contributed by atoms with Crippen LogP contribution in [0.15, 0.2) is 60.7 Å². The number of nitrogens with two attached hydrogens (primary N) is 1. The summed E-state index contributed by atoms with van der Waals surface area (Å²) in [6.07, 6.45) is 0.417. The van der Waals surface area contributed by atoms with Gasteiger partial charge in [-0.1, -0.05) is 48.5 Å². The molecule has 0 heterocycles. The number of halogens is 1. The van der Waals surface area contributed by atoms with Crippen molar-refractivity contribution in [3.05, 3.63) is 66.2 Å². The summed E-state index contributed by atoms with van der Waals surface area (Å²) in [6.45, 7) is 0. The molecule has 0 bridgehead atoms.